The lowest BCUT2D eigenvalue weighted by atomic mass is 10.1. The minimum Gasteiger partial charge on any atom is -0.483 e. The molecule has 0 aliphatic rings. The second-order valence-corrected chi connectivity index (χ2v) is 7.36. The number of nitrogens with one attached hydrogen (secondary N) is 1. The van der Waals surface area contributed by atoms with Crippen molar-refractivity contribution in [1.29, 1.82) is 0 Å². The molecular formula is C25H24N2O3. The number of aromatic nitrogens is 1. The van der Waals surface area contributed by atoms with Gasteiger partial charge < -0.3 is 14.5 Å². The van der Waals surface area contributed by atoms with Gasteiger partial charge in [-0.1, -0.05) is 30.7 Å². The largest absolute Gasteiger partial charge is 0.483 e. The topological polar surface area (TPSA) is 64.4 Å². The zero-order chi connectivity index (χ0) is 21.1. The molecule has 1 amide bonds. The predicted molar refractivity (Wildman–Crippen MR) is 119 cm³/mol. The number of aryl methyl sites for hydroxylation is 3. The minimum atomic E-state index is -0.211. The van der Waals surface area contributed by atoms with Crippen LogP contribution in [-0.4, -0.2) is 17.5 Å². The van der Waals surface area contributed by atoms with Gasteiger partial charge in [-0.15, -0.1) is 0 Å². The van der Waals surface area contributed by atoms with Gasteiger partial charge in [-0.05, 0) is 73.9 Å². The lowest BCUT2D eigenvalue weighted by molar-refractivity contribution is -0.118. The molecule has 3 aromatic carbocycles. The molecule has 0 aliphatic heterocycles. The van der Waals surface area contributed by atoms with Crippen molar-refractivity contribution in [3.63, 3.8) is 0 Å². The van der Waals surface area contributed by atoms with Crippen molar-refractivity contribution in [2.75, 3.05) is 11.9 Å². The first-order chi connectivity index (χ1) is 14.5. The summed E-state index contributed by atoms with van der Waals surface area (Å²) in [6, 6.07) is 19.4. The van der Waals surface area contributed by atoms with E-state index in [1.807, 2.05) is 68.4 Å². The van der Waals surface area contributed by atoms with Crippen molar-refractivity contribution in [1.82, 2.24) is 4.98 Å². The molecule has 1 heterocycles. The van der Waals surface area contributed by atoms with Gasteiger partial charge in [0, 0.05) is 11.3 Å². The third kappa shape index (κ3) is 4.35. The van der Waals surface area contributed by atoms with E-state index < -0.39 is 0 Å². The first kappa shape index (κ1) is 19.7. The Labute approximate surface area is 175 Å². The maximum Gasteiger partial charge on any atom is 0.262 e. The summed E-state index contributed by atoms with van der Waals surface area (Å²) in [5.74, 6) is 1.07. The van der Waals surface area contributed by atoms with Gasteiger partial charge in [0.15, 0.2) is 12.2 Å². The van der Waals surface area contributed by atoms with Crippen molar-refractivity contribution < 1.29 is 13.9 Å². The van der Waals surface area contributed by atoms with Crippen molar-refractivity contribution >= 4 is 22.7 Å². The number of fused-ring (bicyclic) bond motifs is 1. The predicted octanol–water partition coefficient (Wildman–Crippen LogP) is 5.69. The maximum atomic E-state index is 12.2. The number of hydrogen-bond acceptors (Lipinski definition) is 4. The summed E-state index contributed by atoms with van der Waals surface area (Å²) in [6.45, 7) is 6.06. The fraction of sp³-hybridized carbons (Fsp3) is 0.200. The van der Waals surface area contributed by atoms with Gasteiger partial charge in [-0.2, -0.15) is 0 Å². The van der Waals surface area contributed by atoms with Gasteiger partial charge in [0.1, 0.15) is 11.3 Å². The van der Waals surface area contributed by atoms with Crippen molar-refractivity contribution in [2.24, 2.45) is 0 Å². The highest BCUT2D eigenvalue weighted by molar-refractivity contribution is 5.92. The number of benzene rings is 3. The highest BCUT2D eigenvalue weighted by Crippen LogP contribution is 2.26. The highest BCUT2D eigenvalue weighted by Gasteiger charge is 2.10. The molecule has 152 valence electrons. The van der Waals surface area contributed by atoms with Crippen LogP contribution in [-0.2, 0) is 11.2 Å². The van der Waals surface area contributed by atoms with Crippen molar-refractivity contribution in [2.45, 2.75) is 27.2 Å². The summed E-state index contributed by atoms with van der Waals surface area (Å²) < 4.78 is 11.5. The second kappa shape index (κ2) is 8.41. The Morgan fingerprint density at radius 3 is 2.57 bits per heavy atom. The third-order valence-corrected chi connectivity index (χ3v) is 4.97. The number of hydrogen-bond donors (Lipinski definition) is 1. The van der Waals surface area contributed by atoms with Crippen LogP contribution in [0, 0.1) is 13.8 Å². The van der Waals surface area contributed by atoms with E-state index in [1.54, 1.807) is 0 Å². The second-order valence-electron chi connectivity index (χ2n) is 7.36. The van der Waals surface area contributed by atoms with Crippen LogP contribution in [0.1, 0.15) is 23.6 Å². The lowest BCUT2D eigenvalue weighted by Gasteiger charge is -2.10. The zero-order valence-electron chi connectivity index (χ0n) is 17.4. The number of carbonyl (C=O) groups is 1. The number of amides is 1. The van der Waals surface area contributed by atoms with Gasteiger partial charge >= 0.3 is 0 Å². The molecule has 0 saturated heterocycles. The van der Waals surface area contributed by atoms with Crippen molar-refractivity contribution in [3.05, 3.63) is 77.4 Å². The normalized spacial score (nSPS) is 10.9. The minimum absolute atomic E-state index is 0.0451. The molecule has 0 fully saturated rings. The van der Waals surface area contributed by atoms with Crippen molar-refractivity contribution in [3.8, 4) is 17.2 Å². The summed E-state index contributed by atoms with van der Waals surface area (Å²) in [5, 5.41) is 2.85. The molecule has 0 aliphatic carbocycles. The van der Waals surface area contributed by atoms with Crippen LogP contribution in [0.5, 0.6) is 5.75 Å². The fourth-order valence-corrected chi connectivity index (χ4v) is 3.31. The highest BCUT2D eigenvalue weighted by atomic mass is 16.5. The summed E-state index contributed by atoms with van der Waals surface area (Å²) in [5.41, 5.74) is 6.56. The average Bonchev–Trinajstić information content (AvgIpc) is 3.17. The quantitative estimate of drug-likeness (QED) is 0.451. The monoisotopic (exact) mass is 400 g/mol. The molecule has 0 saturated carbocycles. The van der Waals surface area contributed by atoms with E-state index >= 15 is 0 Å². The van der Waals surface area contributed by atoms with Crippen LogP contribution in [0.2, 0.25) is 0 Å². The smallest absolute Gasteiger partial charge is 0.262 e. The molecule has 0 spiro atoms. The third-order valence-electron chi connectivity index (χ3n) is 4.97. The van der Waals surface area contributed by atoms with Crippen LogP contribution in [0.15, 0.2) is 65.1 Å². The Morgan fingerprint density at radius 1 is 1.03 bits per heavy atom. The molecule has 4 aromatic rings. The van der Waals surface area contributed by atoms with Crippen LogP contribution < -0.4 is 10.1 Å². The maximum absolute atomic E-state index is 12.2. The number of oxazole rings is 1. The summed E-state index contributed by atoms with van der Waals surface area (Å²) in [6.07, 6.45) is 0.958. The first-order valence-electron chi connectivity index (χ1n) is 10.0. The van der Waals surface area contributed by atoms with E-state index in [2.05, 4.69) is 23.3 Å². The molecule has 0 bridgehead atoms. The van der Waals surface area contributed by atoms with Gasteiger partial charge in [0.05, 0.1) is 0 Å². The van der Waals surface area contributed by atoms with E-state index in [-0.39, 0.29) is 12.5 Å². The summed E-state index contributed by atoms with van der Waals surface area (Å²) in [7, 11) is 0. The molecule has 1 N–H and O–H groups in total. The Hall–Kier alpha value is -3.60. The van der Waals surface area contributed by atoms with E-state index in [0.29, 0.717) is 17.3 Å². The standard InChI is InChI=1S/C25H24N2O3/c1-4-18-6-12-23-21(14-18)27-25(30-23)19-7-9-20(10-8-19)26-24(28)15-29-22-11-5-16(2)13-17(22)3/h5-14H,4,15H2,1-3H3,(H,26,28). The zero-order valence-corrected chi connectivity index (χ0v) is 17.4. The van der Waals surface area contributed by atoms with Crippen LogP contribution in [0.4, 0.5) is 5.69 Å². The van der Waals surface area contributed by atoms with E-state index in [9.17, 15) is 4.79 Å². The Bertz CT molecular complexity index is 1190. The fourth-order valence-electron chi connectivity index (χ4n) is 3.31. The van der Waals surface area contributed by atoms with Gasteiger partial charge in [-0.25, -0.2) is 4.98 Å². The number of nitrogens with zero attached hydrogens (tertiary/aromatic N) is 1. The first-order valence-corrected chi connectivity index (χ1v) is 10.0. The molecule has 5 nitrogen and oxygen atoms in total. The molecule has 0 unspecified atom stereocenters. The van der Waals surface area contributed by atoms with Gasteiger partial charge in [0.2, 0.25) is 5.89 Å². The number of carbonyl (C=O) groups excluding carboxylic acids is 1. The van der Waals surface area contributed by atoms with Crippen LogP contribution >= 0.6 is 0 Å². The Balaban J connectivity index is 1.40. The Morgan fingerprint density at radius 2 is 1.83 bits per heavy atom. The number of ether oxygens (including phenoxy) is 1. The SMILES string of the molecule is CCc1ccc2oc(-c3ccc(NC(=O)COc4ccc(C)cc4C)cc3)nc2c1. The molecule has 4 rings (SSSR count). The lowest BCUT2D eigenvalue weighted by Crippen LogP contribution is -2.20. The number of anilines is 1. The molecular weight excluding hydrogens is 376 g/mol. The molecule has 0 atom stereocenters. The molecule has 1 aromatic heterocycles. The summed E-state index contributed by atoms with van der Waals surface area (Å²) in [4.78, 5) is 16.8. The summed E-state index contributed by atoms with van der Waals surface area (Å²) >= 11 is 0. The van der Waals surface area contributed by atoms with Crippen LogP contribution in [0.25, 0.3) is 22.6 Å². The van der Waals surface area contributed by atoms with Gasteiger partial charge in [0.25, 0.3) is 5.91 Å². The van der Waals surface area contributed by atoms with E-state index in [0.717, 1.165) is 34.2 Å². The van der Waals surface area contributed by atoms with Crippen LogP contribution in [0.3, 0.4) is 0 Å². The molecule has 30 heavy (non-hydrogen) atoms. The molecule has 0 radical (unpaired) electrons. The van der Waals surface area contributed by atoms with E-state index in [4.69, 9.17) is 9.15 Å². The average molecular weight is 400 g/mol. The van der Waals surface area contributed by atoms with Gasteiger partial charge in [-0.3, -0.25) is 4.79 Å². The van der Waals surface area contributed by atoms with E-state index in [1.165, 1.54) is 5.56 Å². The molecule has 5 heteroatoms. The number of rotatable bonds is 6. The Kier molecular flexibility index (Phi) is 5.53.